The number of carbonyl (C=O) groups excluding carboxylic acids is 6. The zero-order chi connectivity index (χ0) is 40.6. The first-order chi connectivity index (χ1) is 26.4. The molecule has 2 saturated carbocycles. The smallest absolute Gasteiger partial charge is 0.410 e. The van der Waals surface area contributed by atoms with Crippen LogP contribution in [0.4, 0.5) is 9.59 Å². The molecule has 56 heavy (non-hydrogen) atoms. The van der Waals surface area contributed by atoms with Gasteiger partial charge in [-0.2, -0.15) is 0 Å². The van der Waals surface area contributed by atoms with Crippen LogP contribution in [0.2, 0.25) is 0 Å². The van der Waals surface area contributed by atoms with E-state index in [2.05, 4.69) is 21.9 Å². The van der Waals surface area contributed by atoms with Crippen LogP contribution in [0.5, 0.6) is 0 Å². The lowest BCUT2D eigenvalue weighted by atomic mass is 9.88. The van der Waals surface area contributed by atoms with Crippen LogP contribution in [0.15, 0.2) is 48.6 Å². The number of alkyl carbamates (subject to hydrolysis) is 1. The first kappa shape index (κ1) is 40.7. The summed E-state index contributed by atoms with van der Waals surface area (Å²) in [7, 11) is -3.95. The van der Waals surface area contributed by atoms with Gasteiger partial charge in [0.25, 0.3) is 5.91 Å². The number of fused-ring (bicyclic) bond motifs is 3. The first-order valence-electron chi connectivity index (χ1n) is 19.1. The molecule has 2 aliphatic carbocycles. The van der Waals surface area contributed by atoms with Crippen molar-refractivity contribution < 1.29 is 46.7 Å². The fourth-order valence-electron chi connectivity index (χ4n) is 7.53. The highest BCUT2D eigenvalue weighted by atomic mass is 32.2. The summed E-state index contributed by atoms with van der Waals surface area (Å²) in [6.45, 7) is 11.4. The number of carbonyl (C=O) groups is 6. The largest absolute Gasteiger partial charge is 0.449 e. The van der Waals surface area contributed by atoms with Crippen molar-refractivity contribution >= 4 is 51.8 Å². The number of ether oxygens (including phenoxy) is 2. The third-order valence-corrected chi connectivity index (χ3v) is 12.8. The Kier molecular flexibility index (Phi) is 11.5. The van der Waals surface area contributed by atoms with Crippen LogP contribution in [0.3, 0.4) is 0 Å². The summed E-state index contributed by atoms with van der Waals surface area (Å²) >= 11 is 0. The Morgan fingerprint density at radius 1 is 1.11 bits per heavy atom. The van der Waals surface area contributed by atoms with E-state index >= 15 is 0 Å². The highest BCUT2D eigenvalue weighted by molar-refractivity contribution is 7.91. The molecule has 15 nitrogen and oxygen atoms in total. The molecule has 4 bridgehead atoms. The minimum atomic E-state index is -3.95. The van der Waals surface area contributed by atoms with Gasteiger partial charge in [0.15, 0.2) is 5.78 Å². The van der Waals surface area contributed by atoms with E-state index in [0.717, 1.165) is 21.6 Å². The number of cyclic esters (lactones) is 1. The molecule has 0 radical (unpaired) electrons. The summed E-state index contributed by atoms with van der Waals surface area (Å²) in [5.41, 5.74) is 1.48. The standard InChI is InChI=1S/C40H51N5O10S/c1-6-27-19-40(27,36(49)43-56(52,53)30-13-14-30)42-34(47)33-18-29-21-45(33)35(48)32(17-28(46)16-24(2)3)41-37(50)54-23-39(4,5)15-8-7-10-25-11-9-12-26-20-44(22-31(25)26)38(51)55-29/h6-7,9-12,16,27,29-30,32-33H,1,8,13-15,17-23H2,2-5H3,(H,41,50)(H,42,47)(H,43,49)/b10-7+/t27-,29-,32+,33+,40-/m1/s1. The number of amides is 5. The van der Waals surface area contributed by atoms with Gasteiger partial charge in [-0.3, -0.25) is 28.8 Å². The van der Waals surface area contributed by atoms with Gasteiger partial charge in [0.2, 0.25) is 21.8 Å². The van der Waals surface area contributed by atoms with Crippen LogP contribution in [0.1, 0.15) is 89.3 Å². The summed E-state index contributed by atoms with van der Waals surface area (Å²) in [4.78, 5) is 84.9. The van der Waals surface area contributed by atoms with Gasteiger partial charge in [0.1, 0.15) is 23.7 Å². The van der Waals surface area contributed by atoms with Gasteiger partial charge in [-0.05, 0) is 74.1 Å². The number of allylic oxidation sites excluding steroid dienone is 3. The SMILES string of the molecule is C=C[C@@H]1C[C@]1(NC(=O)[C@@H]1C[C@@H]2CN1C(=O)[C@H](CC(=O)C=C(C)C)NC(=O)OCC(C)(C)CC/C=C/c1cccc3c1CN(C3)C(=O)O2)C(=O)NS(=O)(=O)C1CC1. The van der Waals surface area contributed by atoms with E-state index in [-0.39, 0.29) is 32.5 Å². The van der Waals surface area contributed by atoms with E-state index in [4.69, 9.17) is 9.47 Å². The maximum absolute atomic E-state index is 14.5. The zero-order valence-electron chi connectivity index (χ0n) is 32.3. The fourth-order valence-corrected chi connectivity index (χ4v) is 8.89. The Labute approximate surface area is 327 Å². The molecule has 5 amide bonds. The lowest BCUT2D eigenvalue weighted by Crippen LogP contribution is -2.58. The highest BCUT2D eigenvalue weighted by Crippen LogP contribution is 2.45. The van der Waals surface area contributed by atoms with Crippen molar-refractivity contribution in [1.29, 1.82) is 0 Å². The van der Waals surface area contributed by atoms with Gasteiger partial charge in [-0.15, -0.1) is 6.58 Å². The molecule has 0 spiro atoms. The lowest BCUT2D eigenvalue weighted by Gasteiger charge is -2.30. The normalized spacial score (nSPS) is 28.2. The second-order valence-electron chi connectivity index (χ2n) is 16.5. The number of benzene rings is 1. The Morgan fingerprint density at radius 2 is 1.86 bits per heavy atom. The average Bonchev–Trinajstić information content (AvgIpc) is 4.02. The van der Waals surface area contributed by atoms with Crippen molar-refractivity contribution in [1.82, 2.24) is 25.2 Å². The molecule has 1 aromatic carbocycles. The van der Waals surface area contributed by atoms with Crippen molar-refractivity contribution in [2.75, 3.05) is 13.2 Å². The molecule has 5 aliphatic rings. The van der Waals surface area contributed by atoms with E-state index in [0.29, 0.717) is 37.8 Å². The van der Waals surface area contributed by atoms with Crippen molar-refractivity contribution in [2.24, 2.45) is 11.3 Å². The predicted molar refractivity (Wildman–Crippen MR) is 205 cm³/mol. The van der Waals surface area contributed by atoms with Gasteiger partial charge in [0, 0.05) is 25.3 Å². The lowest BCUT2D eigenvalue weighted by molar-refractivity contribution is -0.141. The second kappa shape index (κ2) is 15.9. The summed E-state index contributed by atoms with van der Waals surface area (Å²) in [5, 5.41) is 4.55. The molecule has 1 saturated heterocycles. The van der Waals surface area contributed by atoms with Crippen LogP contribution >= 0.6 is 0 Å². The first-order valence-corrected chi connectivity index (χ1v) is 20.6. The molecule has 0 aromatic heterocycles. The molecule has 16 heteroatoms. The van der Waals surface area contributed by atoms with Crippen molar-refractivity contribution in [3.8, 4) is 0 Å². The maximum atomic E-state index is 14.5. The summed E-state index contributed by atoms with van der Waals surface area (Å²) < 4.78 is 39.0. The van der Waals surface area contributed by atoms with Crippen molar-refractivity contribution in [3.05, 3.63) is 65.3 Å². The number of nitrogens with one attached hydrogen (secondary N) is 3. The summed E-state index contributed by atoms with van der Waals surface area (Å²) in [6, 6.07) is 3.04. The van der Waals surface area contributed by atoms with Crippen LogP contribution in [-0.2, 0) is 51.8 Å². The Balaban J connectivity index is 1.30. The maximum Gasteiger partial charge on any atom is 0.410 e. The van der Waals surface area contributed by atoms with Crippen LogP contribution in [-0.4, -0.2) is 96.0 Å². The molecular formula is C40H51N5O10S. The van der Waals surface area contributed by atoms with Crippen molar-refractivity contribution in [3.63, 3.8) is 0 Å². The molecule has 5 atom stereocenters. The molecule has 302 valence electrons. The van der Waals surface area contributed by atoms with Crippen molar-refractivity contribution in [2.45, 2.75) is 115 Å². The quantitative estimate of drug-likeness (QED) is 0.245. The van der Waals surface area contributed by atoms with Gasteiger partial charge in [-0.25, -0.2) is 18.0 Å². The Bertz CT molecular complexity index is 1980. The molecular weight excluding hydrogens is 743 g/mol. The van der Waals surface area contributed by atoms with E-state index in [1.54, 1.807) is 18.7 Å². The molecule has 0 unspecified atom stereocenters. The molecule has 3 aliphatic heterocycles. The Hall–Kier alpha value is -4.99. The van der Waals surface area contributed by atoms with Gasteiger partial charge in [-0.1, -0.05) is 55.8 Å². The summed E-state index contributed by atoms with van der Waals surface area (Å²) in [6.07, 6.45) is 5.88. The van der Waals surface area contributed by atoms with Crippen LogP contribution in [0, 0.1) is 11.3 Å². The van der Waals surface area contributed by atoms with Gasteiger partial charge < -0.3 is 25.0 Å². The third kappa shape index (κ3) is 9.17. The zero-order valence-corrected chi connectivity index (χ0v) is 33.1. The van der Waals surface area contributed by atoms with Crippen LogP contribution < -0.4 is 15.4 Å². The summed E-state index contributed by atoms with van der Waals surface area (Å²) in [5.74, 6) is -3.57. The number of hydrogen-bond acceptors (Lipinski definition) is 10. The highest BCUT2D eigenvalue weighted by Gasteiger charge is 2.62. The molecule has 3 fully saturated rings. The monoisotopic (exact) mass is 793 g/mol. The predicted octanol–water partition coefficient (Wildman–Crippen LogP) is 3.63. The number of sulfonamides is 1. The molecule has 1 aromatic rings. The van der Waals surface area contributed by atoms with Gasteiger partial charge >= 0.3 is 12.2 Å². The number of hydrogen-bond donors (Lipinski definition) is 3. The number of rotatable bonds is 9. The van der Waals surface area contributed by atoms with E-state index in [9.17, 15) is 37.2 Å². The third-order valence-electron chi connectivity index (χ3n) is 11.0. The van der Waals surface area contributed by atoms with Gasteiger partial charge in [0.05, 0.1) is 24.9 Å². The van der Waals surface area contributed by atoms with E-state index in [1.807, 2.05) is 44.2 Å². The second-order valence-corrected chi connectivity index (χ2v) is 18.5. The fraction of sp³-hybridized carbons (Fsp3) is 0.550. The number of ketones is 1. The van der Waals surface area contributed by atoms with Crippen LogP contribution in [0.25, 0.3) is 6.08 Å². The number of nitrogens with zero attached hydrogens (tertiary/aromatic N) is 2. The molecule has 6 rings (SSSR count). The average molecular weight is 794 g/mol. The topological polar surface area (TPSA) is 198 Å². The molecule has 3 heterocycles. The minimum Gasteiger partial charge on any atom is -0.449 e. The Morgan fingerprint density at radius 3 is 2.54 bits per heavy atom. The van der Waals surface area contributed by atoms with E-state index < -0.39 is 92.4 Å². The minimum absolute atomic E-state index is 0.0169. The van der Waals surface area contributed by atoms with E-state index in [1.165, 1.54) is 12.2 Å². The molecule has 3 N–H and O–H groups in total.